The summed E-state index contributed by atoms with van der Waals surface area (Å²) in [6, 6.07) is 18.2. The zero-order valence-electron chi connectivity index (χ0n) is 16.4. The van der Waals surface area contributed by atoms with Gasteiger partial charge in [-0.2, -0.15) is 0 Å². The van der Waals surface area contributed by atoms with Gasteiger partial charge in [0, 0.05) is 16.6 Å². The summed E-state index contributed by atoms with van der Waals surface area (Å²) in [6.07, 6.45) is 0. The molecule has 1 N–H and O–H groups in total. The second-order valence-electron chi connectivity index (χ2n) is 6.57. The van der Waals surface area contributed by atoms with Crippen LogP contribution in [0, 0.1) is 12.7 Å². The number of fused-ring (bicyclic) bond motifs is 1. The summed E-state index contributed by atoms with van der Waals surface area (Å²) in [5.41, 5.74) is 2.78. The van der Waals surface area contributed by atoms with E-state index < -0.39 is 0 Å². The number of anilines is 2. The molecule has 0 unspecified atom stereocenters. The predicted octanol–water partition coefficient (Wildman–Crippen LogP) is 5.51. The Balaban J connectivity index is 1.83. The third-order valence-corrected chi connectivity index (χ3v) is 4.68. The molecule has 0 saturated heterocycles. The van der Waals surface area contributed by atoms with Crippen molar-refractivity contribution in [2.24, 2.45) is 0 Å². The molecule has 0 aliphatic heterocycles. The lowest BCUT2D eigenvalue weighted by Gasteiger charge is -2.13. The minimum Gasteiger partial charge on any atom is -0.493 e. The molecule has 4 aromatic rings. The van der Waals surface area contributed by atoms with Crippen LogP contribution in [0.4, 0.5) is 15.9 Å². The van der Waals surface area contributed by atoms with Crippen molar-refractivity contribution in [3.05, 3.63) is 72.0 Å². The third kappa shape index (κ3) is 3.69. The molecule has 0 aliphatic rings. The Hall–Kier alpha value is -3.67. The largest absolute Gasteiger partial charge is 0.493 e. The van der Waals surface area contributed by atoms with Gasteiger partial charge in [0.05, 0.1) is 19.7 Å². The highest BCUT2D eigenvalue weighted by Crippen LogP contribution is 2.33. The first-order chi connectivity index (χ1) is 14.1. The summed E-state index contributed by atoms with van der Waals surface area (Å²) in [4.78, 5) is 9.40. The van der Waals surface area contributed by atoms with E-state index in [-0.39, 0.29) is 5.82 Å². The van der Waals surface area contributed by atoms with Gasteiger partial charge in [-0.25, -0.2) is 14.4 Å². The topological polar surface area (TPSA) is 56.3 Å². The maximum absolute atomic E-state index is 14.0. The number of nitrogens with one attached hydrogen (secondary N) is 1. The summed E-state index contributed by atoms with van der Waals surface area (Å²) >= 11 is 0. The molecule has 5 nitrogen and oxygen atoms in total. The molecule has 1 heterocycles. The van der Waals surface area contributed by atoms with Crippen LogP contribution in [0.3, 0.4) is 0 Å². The SMILES string of the molecule is COc1ccc(-c2nc(Nc3ccc(C)c(F)c3)c3ccccc3n2)cc1OC. The highest BCUT2D eigenvalue weighted by molar-refractivity contribution is 5.92. The van der Waals surface area contributed by atoms with Gasteiger partial charge in [-0.3, -0.25) is 0 Å². The van der Waals surface area contributed by atoms with Crippen molar-refractivity contribution in [1.82, 2.24) is 9.97 Å². The maximum atomic E-state index is 14.0. The van der Waals surface area contributed by atoms with E-state index in [0.29, 0.717) is 34.4 Å². The van der Waals surface area contributed by atoms with Crippen molar-refractivity contribution in [2.75, 3.05) is 19.5 Å². The van der Waals surface area contributed by atoms with Gasteiger partial charge in [0.2, 0.25) is 0 Å². The molecule has 0 saturated carbocycles. The number of ether oxygens (including phenoxy) is 2. The van der Waals surface area contributed by atoms with Crippen LogP contribution >= 0.6 is 0 Å². The molecule has 4 rings (SSSR count). The van der Waals surface area contributed by atoms with Gasteiger partial charge in [-0.15, -0.1) is 0 Å². The molecule has 0 atom stereocenters. The van der Waals surface area contributed by atoms with Crippen LogP contribution in [-0.4, -0.2) is 24.2 Å². The standard InChI is InChI=1S/C23H20FN3O2/c1-14-8-10-16(13-18(14)24)25-23-17-6-4-5-7-19(17)26-22(27-23)15-9-11-20(28-2)21(12-15)29-3/h4-13H,1-3H3,(H,25,26,27). The number of aryl methyl sites for hydroxylation is 1. The van der Waals surface area contributed by atoms with Crippen LogP contribution in [0.1, 0.15) is 5.56 Å². The molecule has 0 spiro atoms. The molecule has 146 valence electrons. The minimum absolute atomic E-state index is 0.270. The first-order valence-corrected chi connectivity index (χ1v) is 9.11. The van der Waals surface area contributed by atoms with Crippen LogP contribution in [0.15, 0.2) is 60.7 Å². The molecule has 3 aromatic carbocycles. The number of methoxy groups -OCH3 is 2. The maximum Gasteiger partial charge on any atom is 0.162 e. The number of para-hydroxylation sites is 1. The van der Waals surface area contributed by atoms with E-state index in [1.54, 1.807) is 27.2 Å². The Kier molecular flexibility index (Phi) is 4.99. The van der Waals surface area contributed by atoms with E-state index in [2.05, 4.69) is 10.3 Å². The van der Waals surface area contributed by atoms with Gasteiger partial charge < -0.3 is 14.8 Å². The molecule has 29 heavy (non-hydrogen) atoms. The summed E-state index contributed by atoms with van der Waals surface area (Å²) in [5.74, 6) is 2.08. The van der Waals surface area contributed by atoms with E-state index in [9.17, 15) is 4.39 Å². The fraction of sp³-hybridized carbons (Fsp3) is 0.130. The molecule has 1 aromatic heterocycles. The van der Waals surface area contributed by atoms with Gasteiger partial charge in [0.1, 0.15) is 11.6 Å². The third-order valence-electron chi connectivity index (χ3n) is 4.68. The normalized spacial score (nSPS) is 10.8. The van der Waals surface area contributed by atoms with E-state index >= 15 is 0 Å². The number of rotatable bonds is 5. The molecular weight excluding hydrogens is 369 g/mol. The molecule has 6 heteroatoms. The lowest BCUT2D eigenvalue weighted by atomic mass is 10.1. The van der Waals surface area contributed by atoms with Gasteiger partial charge in [0.15, 0.2) is 17.3 Å². The minimum atomic E-state index is -0.270. The van der Waals surface area contributed by atoms with Gasteiger partial charge >= 0.3 is 0 Å². The van der Waals surface area contributed by atoms with Crippen LogP contribution in [0.25, 0.3) is 22.3 Å². The average molecular weight is 389 g/mol. The molecule has 0 bridgehead atoms. The van der Waals surface area contributed by atoms with E-state index in [1.165, 1.54) is 6.07 Å². The van der Waals surface area contributed by atoms with Crippen molar-refractivity contribution in [1.29, 1.82) is 0 Å². The highest BCUT2D eigenvalue weighted by Gasteiger charge is 2.13. The van der Waals surface area contributed by atoms with Gasteiger partial charge in [-0.1, -0.05) is 18.2 Å². The number of hydrogen-bond acceptors (Lipinski definition) is 5. The number of hydrogen-bond donors (Lipinski definition) is 1. The summed E-state index contributed by atoms with van der Waals surface area (Å²) in [7, 11) is 3.18. The smallest absolute Gasteiger partial charge is 0.162 e. The van der Waals surface area contributed by atoms with Crippen molar-refractivity contribution in [3.8, 4) is 22.9 Å². The lowest BCUT2D eigenvalue weighted by Crippen LogP contribution is -2.00. The summed E-state index contributed by atoms with van der Waals surface area (Å²) in [5, 5.41) is 4.07. The Morgan fingerprint density at radius 2 is 1.66 bits per heavy atom. The van der Waals surface area contributed by atoms with Crippen molar-refractivity contribution < 1.29 is 13.9 Å². The second kappa shape index (κ2) is 7.75. The zero-order valence-corrected chi connectivity index (χ0v) is 16.4. The van der Waals surface area contributed by atoms with Crippen molar-refractivity contribution >= 4 is 22.4 Å². The van der Waals surface area contributed by atoms with Crippen LogP contribution in [0.5, 0.6) is 11.5 Å². The van der Waals surface area contributed by atoms with Crippen LogP contribution in [0.2, 0.25) is 0 Å². The van der Waals surface area contributed by atoms with Crippen molar-refractivity contribution in [2.45, 2.75) is 6.92 Å². The van der Waals surface area contributed by atoms with Crippen LogP contribution in [-0.2, 0) is 0 Å². The Morgan fingerprint density at radius 1 is 0.862 bits per heavy atom. The molecule has 0 aliphatic carbocycles. The van der Waals surface area contributed by atoms with E-state index in [1.807, 2.05) is 48.5 Å². The molecule has 0 radical (unpaired) electrons. The van der Waals surface area contributed by atoms with Gasteiger partial charge in [-0.05, 0) is 55.0 Å². The second-order valence-corrected chi connectivity index (χ2v) is 6.57. The van der Waals surface area contributed by atoms with E-state index in [4.69, 9.17) is 14.5 Å². The Morgan fingerprint density at radius 3 is 2.41 bits per heavy atom. The zero-order chi connectivity index (χ0) is 20.4. The molecule has 0 fully saturated rings. The van der Waals surface area contributed by atoms with Crippen molar-refractivity contribution in [3.63, 3.8) is 0 Å². The number of benzene rings is 3. The van der Waals surface area contributed by atoms with E-state index in [0.717, 1.165) is 16.5 Å². The quantitative estimate of drug-likeness (QED) is 0.488. The average Bonchev–Trinajstić information content (AvgIpc) is 2.75. The summed E-state index contributed by atoms with van der Waals surface area (Å²) < 4.78 is 24.7. The molecule has 0 amide bonds. The highest BCUT2D eigenvalue weighted by atomic mass is 19.1. The van der Waals surface area contributed by atoms with Crippen LogP contribution < -0.4 is 14.8 Å². The fourth-order valence-electron chi connectivity index (χ4n) is 3.08. The monoisotopic (exact) mass is 389 g/mol. The first-order valence-electron chi connectivity index (χ1n) is 9.11. The Labute approximate surface area is 168 Å². The predicted molar refractivity (Wildman–Crippen MR) is 112 cm³/mol. The van der Waals surface area contributed by atoms with Gasteiger partial charge in [0.25, 0.3) is 0 Å². The number of nitrogens with zero attached hydrogens (tertiary/aromatic N) is 2. The number of halogens is 1. The Bertz CT molecular complexity index is 1190. The first kappa shape index (κ1) is 18.7. The fourth-order valence-corrected chi connectivity index (χ4v) is 3.08. The number of aromatic nitrogens is 2. The molecular formula is C23H20FN3O2. The summed E-state index contributed by atoms with van der Waals surface area (Å²) in [6.45, 7) is 1.73. The lowest BCUT2D eigenvalue weighted by molar-refractivity contribution is 0.355.